The zero-order chi connectivity index (χ0) is 16.5. The molecule has 0 spiro atoms. The summed E-state index contributed by atoms with van der Waals surface area (Å²) in [7, 11) is 0. The summed E-state index contributed by atoms with van der Waals surface area (Å²) in [5.74, 6) is 0.701. The van der Waals surface area contributed by atoms with E-state index < -0.39 is 0 Å². The maximum Gasteiger partial charge on any atom is 0.0202 e. The Labute approximate surface area is 143 Å². The highest BCUT2D eigenvalue weighted by Crippen LogP contribution is 2.43. The summed E-state index contributed by atoms with van der Waals surface area (Å²) in [6, 6.07) is 22.3. The average molecular weight is 309 g/mol. The first-order valence-electron chi connectivity index (χ1n) is 9.34. The summed E-state index contributed by atoms with van der Waals surface area (Å²) < 4.78 is 0. The number of hydrogen-bond acceptors (Lipinski definition) is 0. The van der Waals surface area contributed by atoms with E-state index in [1.54, 1.807) is 0 Å². The zero-order valence-corrected chi connectivity index (χ0v) is 15.1. The van der Waals surface area contributed by atoms with Gasteiger partial charge in [0.1, 0.15) is 0 Å². The fraction of sp³-hybridized carbons (Fsp3) is 0.478. The summed E-state index contributed by atoms with van der Waals surface area (Å²) >= 11 is 0. The molecule has 0 saturated carbocycles. The van der Waals surface area contributed by atoms with Crippen LogP contribution in [-0.2, 0) is 5.41 Å². The second-order valence-electron chi connectivity index (χ2n) is 6.92. The Morgan fingerprint density at radius 2 is 1.09 bits per heavy atom. The number of rotatable bonds is 9. The standard InChI is InChI=1S/C23H32/c1-4-6-14-20(15-7-5-2)23(3,21-16-10-8-11-17-21)22-18-12-9-13-19-22/h8-13,16-20H,4-7,14-15H2,1-3H3. The van der Waals surface area contributed by atoms with Crippen LogP contribution in [0, 0.1) is 5.92 Å². The third kappa shape index (κ3) is 4.25. The van der Waals surface area contributed by atoms with Crippen molar-refractivity contribution in [3.05, 3.63) is 71.8 Å². The first-order chi connectivity index (χ1) is 11.2. The number of hydrogen-bond donors (Lipinski definition) is 0. The molecule has 124 valence electrons. The molecule has 0 heterocycles. The van der Waals surface area contributed by atoms with Gasteiger partial charge in [0.2, 0.25) is 0 Å². The van der Waals surface area contributed by atoms with Crippen molar-refractivity contribution < 1.29 is 0 Å². The van der Waals surface area contributed by atoms with Crippen LogP contribution in [0.1, 0.15) is 70.4 Å². The van der Waals surface area contributed by atoms with Crippen LogP contribution in [0.25, 0.3) is 0 Å². The Morgan fingerprint density at radius 1 is 0.696 bits per heavy atom. The lowest BCUT2D eigenvalue weighted by molar-refractivity contribution is 0.289. The topological polar surface area (TPSA) is 0 Å². The Bertz CT molecular complexity index is 493. The van der Waals surface area contributed by atoms with Gasteiger partial charge in [0, 0.05) is 5.41 Å². The van der Waals surface area contributed by atoms with E-state index in [4.69, 9.17) is 0 Å². The van der Waals surface area contributed by atoms with Crippen molar-refractivity contribution in [3.63, 3.8) is 0 Å². The van der Waals surface area contributed by atoms with Gasteiger partial charge in [-0.25, -0.2) is 0 Å². The highest BCUT2D eigenvalue weighted by Gasteiger charge is 2.36. The Kier molecular flexibility index (Phi) is 6.89. The van der Waals surface area contributed by atoms with E-state index in [0.717, 1.165) is 0 Å². The molecule has 0 aliphatic heterocycles. The van der Waals surface area contributed by atoms with Gasteiger partial charge in [-0.1, -0.05) is 107 Å². The van der Waals surface area contributed by atoms with Crippen LogP contribution >= 0.6 is 0 Å². The van der Waals surface area contributed by atoms with Gasteiger partial charge in [-0.2, -0.15) is 0 Å². The molecule has 0 bridgehead atoms. The first-order valence-corrected chi connectivity index (χ1v) is 9.34. The van der Waals surface area contributed by atoms with Crippen molar-refractivity contribution in [2.45, 2.75) is 64.7 Å². The van der Waals surface area contributed by atoms with Gasteiger partial charge < -0.3 is 0 Å². The molecule has 0 N–H and O–H groups in total. The van der Waals surface area contributed by atoms with Crippen molar-refractivity contribution in [2.75, 3.05) is 0 Å². The average Bonchev–Trinajstić information content (AvgIpc) is 2.62. The molecular weight excluding hydrogens is 276 g/mol. The normalized spacial score (nSPS) is 11.8. The maximum absolute atomic E-state index is 2.47. The van der Waals surface area contributed by atoms with Gasteiger partial charge in [0.25, 0.3) is 0 Å². The van der Waals surface area contributed by atoms with Gasteiger partial charge in [0.05, 0.1) is 0 Å². The van der Waals surface area contributed by atoms with Crippen molar-refractivity contribution in [2.24, 2.45) is 5.92 Å². The van der Waals surface area contributed by atoms with Crippen LogP contribution in [-0.4, -0.2) is 0 Å². The monoisotopic (exact) mass is 308 g/mol. The van der Waals surface area contributed by atoms with Crippen LogP contribution < -0.4 is 0 Å². The third-order valence-corrected chi connectivity index (χ3v) is 5.38. The lowest BCUT2D eigenvalue weighted by atomic mass is 9.64. The maximum atomic E-state index is 2.47. The molecule has 2 aromatic rings. The molecular formula is C23H32. The molecule has 23 heavy (non-hydrogen) atoms. The molecule has 0 radical (unpaired) electrons. The van der Waals surface area contributed by atoms with E-state index in [-0.39, 0.29) is 5.41 Å². The second kappa shape index (κ2) is 8.91. The Balaban J connectivity index is 2.46. The predicted octanol–water partition coefficient (Wildman–Crippen LogP) is 6.99. The van der Waals surface area contributed by atoms with E-state index in [1.165, 1.54) is 49.7 Å². The Hall–Kier alpha value is -1.56. The number of unbranched alkanes of at least 4 members (excludes halogenated alkanes) is 2. The van der Waals surface area contributed by atoms with E-state index in [9.17, 15) is 0 Å². The van der Waals surface area contributed by atoms with Crippen molar-refractivity contribution in [3.8, 4) is 0 Å². The molecule has 2 rings (SSSR count). The predicted molar refractivity (Wildman–Crippen MR) is 102 cm³/mol. The molecule has 2 aromatic carbocycles. The molecule has 0 unspecified atom stereocenters. The minimum atomic E-state index is 0.104. The lowest BCUT2D eigenvalue weighted by Crippen LogP contribution is -2.33. The van der Waals surface area contributed by atoms with Gasteiger partial charge in [-0.05, 0) is 29.9 Å². The van der Waals surface area contributed by atoms with E-state index in [2.05, 4.69) is 81.4 Å². The lowest BCUT2D eigenvalue weighted by Gasteiger charge is -2.39. The summed E-state index contributed by atoms with van der Waals surface area (Å²) in [6.45, 7) is 7.08. The number of benzene rings is 2. The minimum absolute atomic E-state index is 0.104. The van der Waals surface area contributed by atoms with Crippen LogP contribution in [0.3, 0.4) is 0 Å². The molecule has 0 amide bonds. The zero-order valence-electron chi connectivity index (χ0n) is 15.1. The molecule has 0 atom stereocenters. The van der Waals surface area contributed by atoms with Gasteiger partial charge in [-0.3, -0.25) is 0 Å². The Morgan fingerprint density at radius 3 is 1.43 bits per heavy atom. The molecule has 0 heteroatoms. The second-order valence-corrected chi connectivity index (χ2v) is 6.92. The SMILES string of the molecule is CCCCC(CCCC)C(C)(c1ccccc1)c1ccccc1. The molecule has 0 saturated heterocycles. The summed E-state index contributed by atoms with van der Waals surface area (Å²) in [5, 5.41) is 0. The van der Waals surface area contributed by atoms with E-state index in [1.807, 2.05) is 0 Å². The molecule has 0 nitrogen and oxygen atoms in total. The summed E-state index contributed by atoms with van der Waals surface area (Å²) in [5.41, 5.74) is 3.03. The summed E-state index contributed by atoms with van der Waals surface area (Å²) in [6.07, 6.45) is 7.84. The summed E-state index contributed by atoms with van der Waals surface area (Å²) in [4.78, 5) is 0. The van der Waals surface area contributed by atoms with Crippen molar-refractivity contribution >= 4 is 0 Å². The molecule has 0 aliphatic rings. The highest BCUT2D eigenvalue weighted by molar-refractivity contribution is 5.39. The molecule has 0 aliphatic carbocycles. The third-order valence-electron chi connectivity index (χ3n) is 5.38. The fourth-order valence-electron chi connectivity index (χ4n) is 3.83. The smallest absolute Gasteiger partial charge is 0.0202 e. The minimum Gasteiger partial charge on any atom is -0.0654 e. The first kappa shape index (κ1) is 17.8. The van der Waals surface area contributed by atoms with Crippen molar-refractivity contribution in [1.82, 2.24) is 0 Å². The van der Waals surface area contributed by atoms with E-state index in [0.29, 0.717) is 5.92 Å². The molecule has 0 fully saturated rings. The van der Waals surface area contributed by atoms with Crippen LogP contribution in [0.5, 0.6) is 0 Å². The van der Waals surface area contributed by atoms with Gasteiger partial charge in [-0.15, -0.1) is 0 Å². The van der Waals surface area contributed by atoms with Crippen LogP contribution in [0.15, 0.2) is 60.7 Å². The largest absolute Gasteiger partial charge is 0.0654 e. The van der Waals surface area contributed by atoms with Gasteiger partial charge in [0.15, 0.2) is 0 Å². The van der Waals surface area contributed by atoms with Gasteiger partial charge >= 0.3 is 0 Å². The van der Waals surface area contributed by atoms with Crippen LogP contribution in [0.2, 0.25) is 0 Å². The fourth-order valence-corrected chi connectivity index (χ4v) is 3.83. The molecule has 0 aromatic heterocycles. The van der Waals surface area contributed by atoms with Crippen molar-refractivity contribution in [1.29, 1.82) is 0 Å². The van der Waals surface area contributed by atoms with Crippen LogP contribution in [0.4, 0.5) is 0 Å². The highest BCUT2D eigenvalue weighted by atomic mass is 14.4. The quantitative estimate of drug-likeness (QED) is 0.468. The van der Waals surface area contributed by atoms with E-state index >= 15 is 0 Å².